The van der Waals surface area contributed by atoms with Gasteiger partial charge in [0.1, 0.15) is 5.76 Å². The van der Waals surface area contributed by atoms with E-state index in [1.165, 1.54) is 34.1 Å². The Kier molecular flexibility index (Phi) is 6.88. The average Bonchev–Trinajstić information content (AvgIpc) is 3.76. The first-order valence-corrected chi connectivity index (χ1v) is 15.4. The Hall–Kier alpha value is -5.05. The van der Waals surface area contributed by atoms with Crippen LogP contribution in [0.3, 0.4) is 0 Å². The largest absolute Gasteiger partial charge is 0.450 e. The van der Waals surface area contributed by atoms with Crippen molar-refractivity contribution in [2.45, 2.75) is 16.4 Å². The lowest BCUT2D eigenvalue weighted by molar-refractivity contribution is -0.385. The summed E-state index contributed by atoms with van der Waals surface area (Å²) in [6.45, 7) is 1.64. The lowest BCUT2D eigenvalue weighted by Gasteiger charge is -2.13. The topological polar surface area (TPSA) is 148 Å². The normalized spacial score (nSPS) is 16.4. The lowest BCUT2D eigenvalue weighted by atomic mass is 10.1. The summed E-state index contributed by atoms with van der Waals surface area (Å²) in [7, 11) is 0. The van der Waals surface area contributed by atoms with Crippen LogP contribution in [0.5, 0.6) is 0 Å². The number of fused-ring (bicyclic) bond motifs is 2. The second kappa shape index (κ2) is 10.9. The molecule has 1 N–H and O–H groups in total. The first kappa shape index (κ1) is 27.8. The molecule has 0 spiro atoms. The molecule has 5 aromatic rings. The number of benzene rings is 3. The van der Waals surface area contributed by atoms with Gasteiger partial charge in [-0.25, -0.2) is 14.9 Å². The van der Waals surface area contributed by atoms with Crippen LogP contribution in [0.2, 0.25) is 0 Å². The molecule has 0 unspecified atom stereocenters. The molecular formula is C30H17N5O6S3. The molecule has 3 amide bonds. The molecular weight excluding hydrogens is 623 g/mol. The SMILES string of the molecule is Cc1ccc(N=C2NC(=O)/C(=C/c3ccc(Sc4nc5ccc(N6C(=O)c7ccccc7C6=O)cc5s4)o3)S2)cc1[N+](=O)[O-]. The molecule has 0 bridgehead atoms. The molecule has 2 aliphatic rings. The number of imide groups is 1. The number of furan rings is 1. The molecule has 0 saturated carbocycles. The van der Waals surface area contributed by atoms with Gasteiger partial charge in [-0.15, -0.1) is 11.3 Å². The van der Waals surface area contributed by atoms with Gasteiger partial charge in [0.05, 0.1) is 42.5 Å². The van der Waals surface area contributed by atoms with Crippen molar-refractivity contribution in [3.05, 3.63) is 110 Å². The summed E-state index contributed by atoms with van der Waals surface area (Å²) in [5.41, 5.74) is 2.80. The maximum Gasteiger partial charge on any atom is 0.274 e. The lowest BCUT2D eigenvalue weighted by Crippen LogP contribution is -2.29. The molecule has 1 saturated heterocycles. The van der Waals surface area contributed by atoms with Crippen molar-refractivity contribution >= 4 is 91.1 Å². The van der Waals surface area contributed by atoms with Crippen molar-refractivity contribution in [3.8, 4) is 0 Å². The van der Waals surface area contributed by atoms with Gasteiger partial charge in [0, 0.05) is 17.7 Å². The van der Waals surface area contributed by atoms with E-state index in [4.69, 9.17) is 4.42 Å². The van der Waals surface area contributed by atoms with Gasteiger partial charge < -0.3 is 9.73 Å². The van der Waals surface area contributed by atoms with E-state index in [1.807, 2.05) is 0 Å². The van der Waals surface area contributed by atoms with Gasteiger partial charge in [-0.05, 0) is 79.0 Å². The highest BCUT2D eigenvalue weighted by Crippen LogP contribution is 2.38. The van der Waals surface area contributed by atoms with Crippen LogP contribution < -0.4 is 10.2 Å². The van der Waals surface area contributed by atoms with Gasteiger partial charge in [0.15, 0.2) is 14.6 Å². The number of amides is 3. The molecule has 0 aliphatic carbocycles. The van der Waals surface area contributed by atoms with E-state index in [-0.39, 0.29) is 23.4 Å². The monoisotopic (exact) mass is 639 g/mol. The van der Waals surface area contributed by atoms with Crippen LogP contribution in [-0.4, -0.2) is 32.8 Å². The number of thiazole rings is 1. The van der Waals surface area contributed by atoms with Gasteiger partial charge in [-0.1, -0.05) is 18.2 Å². The molecule has 3 aromatic carbocycles. The quantitative estimate of drug-likeness (QED) is 0.0902. The molecule has 1 fully saturated rings. The number of thioether (sulfide) groups is 1. The van der Waals surface area contributed by atoms with E-state index in [1.54, 1.807) is 79.7 Å². The fourth-order valence-corrected chi connectivity index (χ4v) is 7.47. The minimum absolute atomic E-state index is 0.0473. The van der Waals surface area contributed by atoms with Gasteiger partial charge in [0.2, 0.25) is 0 Å². The third-order valence-electron chi connectivity index (χ3n) is 6.74. The van der Waals surface area contributed by atoms with E-state index in [0.29, 0.717) is 53.3 Å². The number of rotatable bonds is 6. The second-order valence-corrected chi connectivity index (χ2v) is 12.9. The van der Waals surface area contributed by atoms with Crippen molar-refractivity contribution in [3.63, 3.8) is 0 Å². The van der Waals surface area contributed by atoms with Crippen molar-refractivity contribution < 1.29 is 23.7 Å². The molecule has 44 heavy (non-hydrogen) atoms. The highest BCUT2D eigenvalue weighted by atomic mass is 32.2. The Balaban J connectivity index is 1.06. The minimum Gasteiger partial charge on any atom is -0.450 e. The maximum absolute atomic E-state index is 12.9. The van der Waals surface area contributed by atoms with Crippen LogP contribution in [0.1, 0.15) is 32.0 Å². The van der Waals surface area contributed by atoms with Crippen molar-refractivity contribution in [2.75, 3.05) is 4.90 Å². The molecule has 2 aromatic heterocycles. The fourth-order valence-electron chi connectivity index (χ4n) is 4.64. The van der Waals surface area contributed by atoms with Gasteiger partial charge in [-0.2, -0.15) is 0 Å². The zero-order valence-electron chi connectivity index (χ0n) is 22.5. The smallest absolute Gasteiger partial charge is 0.274 e. The van der Waals surface area contributed by atoms with E-state index < -0.39 is 4.92 Å². The number of nitro groups is 1. The van der Waals surface area contributed by atoms with E-state index in [9.17, 15) is 24.5 Å². The minimum atomic E-state index is -0.471. The fraction of sp³-hybridized carbons (Fsp3) is 0.0333. The number of nitrogens with one attached hydrogen (secondary N) is 1. The highest BCUT2D eigenvalue weighted by molar-refractivity contribution is 8.18. The van der Waals surface area contributed by atoms with Crippen LogP contribution in [0.4, 0.5) is 17.1 Å². The van der Waals surface area contributed by atoms with Crippen LogP contribution >= 0.6 is 34.9 Å². The second-order valence-electron chi connectivity index (χ2n) is 9.59. The summed E-state index contributed by atoms with van der Waals surface area (Å²) in [5.74, 6) is -0.617. The first-order valence-electron chi connectivity index (χ1n) is 12.9. The Morgan fingerprint density at radius 2 is 1.80 bits per heavy atom. The summed E-state index contributed by atoms with van der Waals surface area (Å²) in [4.78, 5) is 59.6. The number of amidine groups is 1. The molecule has 216 valence electrons. The maximum atomic E-state index is 12.9. The zero-order valence-corrected chi connectivity index (χ0v) is 24.9. The first-order chi connectivity index (χ1) is 21.2. The molecule has 0 radical (unpaired) electrons. The average molecular weight is 640 g/mol. The molecule has 14 heteroatoms. The van der Waals surface area contributed by atoms with Crippen molar-refractivity contribution in [2.24, 2.45) is 4.99 Å². The Morgan fingerprint density at radius 1 is 1.02 bits per heavy atom. The number of aliphatic imine (C=N–C) groups is 1. The van der Waals surface area contributed by atoms with Gasteiger partial charge in [-0.3, -0.25) is 24.5 Å². The Labute approximate surface area is 260 Å². The molecule has 7 rings (SSSR count). The summed E-state index contributed by atoms with van der Waals surface area (Å²) in [6, 6.07) is 20.1. The van der Waals surface area contributed by atoms with Crippen molar-refractivity contribution in [1.29, 1.82) is 0 Å². The van der Waals surface area contributed by atoms with Crippen LogP contribution in [-0.2, 0) is 4.79 Å². The molecule has 4 heterocycles. The van der Waals surface area contributed by atoms with Crippen LogP contribution in [0.25, 0.3) is 16.3 Å². The number of aromatic nitrogens is 1. The number of aryl methyl sites for hydroxylation is 1. The van der Waals surface area contributed by atoms with Crippen molar-refractivity contribution in [1.82, 2.24) is 10.3 Å². The third-order valence-corrected chi connectivity index (χ3v) is 9.65. The summed E-state index contributed by atoms with van der Waals surface area (Å²) < 4.78 is 7.42. The number of hydrogen-bond donors (Lipinski definition) is 1. The number of carbonyl (C=O) groups excluding carboxylic acids is 3. The number of anilines is 1. The third kappa shape index (κ3) is 5.08. The molecule has 11 nitrogen and oxygen atoms in total. The predicted molar refractivity (Wildman–Crippen MR) is 169 cm³/mol. The number of carbonyl (C=O) groups is 3. The zero-order chi connectivity index (χ0) is 30.5. The van der Waals surface area contributed by atoms with Gasteiger partial charge >= 0.3 is 0 Å². The Bertz CT molecular complexity index is 2100. The highest BCUT2D eigenvalue weighted by Gasteiger charge is 2.36. The van der Waals surface area contributed by atoms with Gasteiger partial charge in [0.25, 0.3) is 23.4 Å². The number of nitrogens with zero attached hydrogens (tertiary/aromatic N) is 4. The van der Waals surface area contributed by atoms with E-state index in [2.05, 4.69) is 15.3 Å². The van der Waals surface area contributed by atoms with E-state index in [0.717, 1.165) is 22.0 Å². The van der Waals surface area contributed by atoms with Crippen LogP contribution in [0, 0.1) is 17.0 Å². The summed E-state index contributed by atoms with van der Waals surface area (Å²) >= 11 is 3.81. The van der Waals surface area contributed by atoms with E-state index >= 15 is 0 Å². The number of nitro benzene ring substituents is 1. The van der Waals surface area contributed by atoms with Crippen LogP contribution in [0.15, 0.2) is 96.5 Å². The molecule has 0 atom stereocenters. The predicted octanol–water partition coefficient (Wildman–Crippen LogP) is 6.95. The molecule has 2 aliphatic heterocycles. The number of hydrogen-bond acceptors (Lipinski definition) is 11. The summed E-state index contributed by atoms with van der Waals surface area (Å²) in [6.07, 6.45) is 1.59. The standard InChI is InChI=1S/C30H17N5O6S3/c1-15-6-7-16(12-22(15)35(39)40)31-29-33-26(36)24(42-29)14-18-9-11-25(41-18)44-30-32-21-10-8-17(13-23(21)43-30)34-27(37)19-4-2-3-5-20(19)28(34)38/h2-14H,1H3,(H,31,33,36)/b24-14-. The summed E-state index contributed by atoms with van der Waals surface area (Å²) in [5, 5.41) is 14.8. The Morgan fingerprint density at radius 3 is 2.55 bits per heavy atom.